The summed E-state index contributed by atoms with van der Waals surface area (Å²) in [7, 11) is 1.66. The van der Waals surface area contributed by atoms with Gasteiger partial charge in [-0.25, -0.2) is 0 Å². The van der Waals surface area contributed by atoms with E-state index in [2.05, 4.69) is 29.4 Å². The molecule has 0 fully saturated rings. The number of aromatic nitrogens is 1. The molecule has 1 aliphatic heterocycles. The molecular formula is C20H26N2O3. The van der Waals surface area contributed by atoms with Gasteiger partial charge in [-0.05, 0) is 30.0 Å². The lowest BCUT2D eigenvalue weighted by Crippen LogP contribution is -2.48. The number of carbonyl (C=O) groups excluding carboxylic acids is 1. The van der Waals surface area contributed by atoms with E-state index < -0.39 is 5.60 Å². The predicted octanol–water partition coefficient (Wildman–Crippen LogP) is 2.81. The molecule has 5 nitrogen and oxygen atoms in total. The molecule has 2 aromatic rings. The molecular weight excluding hydrogens is 316 g/mol. The number of aryl methyl sites for hydroxylation is 1. The summed E-state index contributed by atoms with van der Waals surface area (Å²) in [6.07, 6.45) is 4.55. The Morgan fingerprint density at radius 1 is 1.36 bits per heavy atom. The number of amides is 1. The summed E-state index contributed by atoms with van der Waals surface area (Å²) in [5, 5.41) is 3.06. The van der Waals surface area contributed by atoms with Crippen molar-refractivity contribution in [1.82, 2.24) is 10.3 Å². The van der Waals surface area contributed by atoms with Gasteiger partial charge in [0.05, 0.1) is 25.3 Å². The number of methoxy groups -OCH3 is 1. The molecule has 0 saturated heterocycles. The molecule has 2 N–H and O–H groups in total. The second-order valence-electron chi connectivity index (χ2n) is 6.49. The van der Waals surface area contributed by atoms with Gasteiger partial charge in [0.1, 0.15) is 5.60 Å². The molecule has 1 aromatic heterocycles. The highest BCUT2D eigenvalue weighted by Gasteiger charge is 2.38. The monoisotopic (exact) mass is 342 g/mol. The lowest BCUT2D eigenvalue weighted by molar-refractivity contribution is -0.0997. The Morgan fingerprint density at radius 3 is 3.00 bits per heavy atom. The Hall–Kier alpha value is -2.11. The number of benzene rings is 1. The topological polar surface area (TPSA) is 63.4 Å². The molecule has 0 radical (unpaired) electrons. The Morgan fingerprint density at radius 2 is 2.20 bits per heavy atom. The lowest BCUT2D eigenvalue weighted by atomic mass is 9.86. The first-order chi connectivity index (χ1) is 12.2. The molecule has 1 aromatic carbocycles. The molecule has 134 valence electrons. The third kappa shape index (κ3) is 3.62. The van der Waals surface area contributed by atoms with Crippen molar-refractivity contribution in [1.29, 1.82) is 0 Å². The van der Waals surface area contributed by atoms with Crippen LogP contribution in [0.4, 0.5) is 0 Å². The highest BCUT2D eigenvalue weighted by molar-refractivity contribution is 5.95. The van der Waals surface area contributed by atoms with Crippen LogP contribution in [-0.4, -0.2) is 37.8 Å². The van der Waals surface area contributed by atoms with E-state index in [1.54, 1.807) is 7.11 Å². The fraction of sp³-hybridized carbons (Fsp3) is 0.450. The van der Waals surface area contributed by atoms with Crippen LogP contribution in [0.3, 0.4) is 0 Å². The van der Waals surface area contributed by atoms with E-state index in [9.17, 15) is 4.79 Å². The van der Waals surface area contributed by atoms with Crippen LogP contribution >= 0.6 is 0 Å². The van der Waals surface area contributed by atoms with Crippen molar-refractivity contribution in [3.8, 4) is 0 Å². The molecule has 1 atom stereocenters. The maximum atomic E-state index is 12.7. The first kappa shape index (κ1) is 17.7. The molecule has 25 heavy (non-hydrogen) atoms. The second kappa shape index (κ2) is 7.85. The number of carbonyl (C=O) groups is 1. The third-order valence-corrected chi connectivity index (χ3v) is 4.75. The maximum Gasteiger partial charge on any atom is 0.253 e. The van der Waals surface area contributed by atoms with E-state index in [1.807, 2.05) is 24.4 Å². The zero-order chi connectivity index (χ0) is 17.7. The zero-order valence-corrected chi connectivity index (χ0v) is 14.9. The molecule has 0 bridgehead atoms. The first-order valence-electron chi connectivity index (χ1n) is 8.86. The fourth-order valence-electron chi connectivity index (χ4n) is 3.56. The van der Waals surface area contributed by atoms with Crippen molar-refractivity contribution < 1.29 is 14.3 Å². The van der Waals surface area contributed by atoms with Crippen LogP contribution in [-0.2, 0) is 27.9 Å². The summed E-state index contributed by atoms with van der Waals surface area (Å²) in [4.78, 5) is 15.8. The number of rotatable bonds is 7. The van der Waals surface area contributed by atoms with E-state index in [0.717, 1.165) is 30.5 Å². The second-order valence-corrected chi connectivity index (χ2v) is 6.49. The smallest absolute Gasteiger partial charge is 0.253 e. The van der Waals surface area contributed by atoms with Gasteiger partial charge in [0.25, 0.3) is 5.91 Å². The molecule has 1 unspecified atom stereocenters. The number of aromatic amines is 1. The fourth-order valence-corrected chi connectivity index (χ4v) is 3.56. The van der Waals surface area contributed by atoms with Gasteiger partial charge in [0.2, 0.25) is 0 Å². The van der Waals surface area contributed by atoms with Crippen molar-refractivity contribution in [3.05, 3.63) is 58.9 Å². The van der Waals surface area contributed by atoms with Crippen LogP contribution in [0.2, 0.25) is 0 Å². The average molecular weight is 342 g/mol. The lowest BCUT2D eigenvalue weighted by Gasteiger charge is -2.38. The van der Waals surface area contributed by atoms with Crippen LogP contribution in [0.25, 0.3) is 0 Å². The Balaban J connectivity index is 1.79. The SMILES string of the molecule is CCCc1[nH]ccc1C(=O)NCC1(COC)OCCc2ccccc21. The molecule has 0 spiro atoms. The predicted molar refractivity (Wildman–Crippen MR) is 96.8 cm³/mol. The minimum Gasteiger partial charge on any atom is -0.381 e. The standard InChI is InChI=1S/C20H26N2O3/c1-3-6-18-16(9-11-21-18)19(23)22-13-20(14-24-2)17-8-5-4-7-15(17)10-12-25-20/h4-5,7-9,11,21H,3,6,10,12-14H2,1-2H3,(H,22,23). The van der Waals surface area contributed by atoms with Crippen LogP contribution < -0.4 is 5.32 Å². The van der Waals surface area contributed by atoms with Gasteiger partial charge < -0.3 is 19.8 Å². The van der Waals surface area contributed by atoms with Gasteiger partial charge in [0, 0.05) is 19.0 Å². The number of nitrogens with one attached hydrogen (secondary N) is 2. The van der Waals surface area contributed by atoms with Gasteiger partial charge in [-0.15, -0.1) is 0 Å². The largest absolute Gasteiger partial charge is 0.381 e. The Kier molecular flexibility index (Phi) is 5.56. The Labute approximate surface area is 148 Å². The highest BCUT2D eigenvalue weighted by Crippen LogP contribution is 2.33. The molecule has 0 saturated carbocycles. The van der Waals surface area contributed by atoms with Gasteiger partial charge >= 0.3 is 0 Å². The number of hydrogen-bond acceptors (Lipinski definition) is 3. The van der Waals surface area contributed by atoms with Crippen molar-refractivity contribution in [2.45, 2.75) is 31.8 Å². The molecule has 3 rings (SSSR count). The molecule has 0 aliphatic carbocycles. The minimum atomic E-state index is -0.638. The van der Waals surface area contributed by atoms with Gasteiger partial charge in [0.15, 0.2) is 0 Å². The molecule has 1 amide bonds. The third-order valence-electron chi connectivity index (χ3n) is 4.75. The van der Waals surface area contributed by atoms with Crippen molar-refractivity contribution in [3.63, 3.8) is 0 Å². The van der Waals surface area contributed by atoms with E-state index in [-0.39, 0.29) is 5.91 Å². The van der Waals surface area contributed by atoms with Crippen LogP contribution in [0.1, 0.15) is 40.5 Å². The van der Waals surface area contributed by atoms with Crippen molar-refractivity contribution in [2.75, 3.05) is 26.9 Å². The summed E-state index contributed by atoms with van der Waals surface area (Å²) in [5.74, 6) is -0.0770. The molecule has 2 heterocycles. The maximum absolute atomic E-state index is 12.7. The quantitative estimate of drug-likeness (QED) is 0.813. The summed E-state index contributed by atoms with van der Waals surface area (Å²) < 4.78 is 11.6. The van der Waals surface area contributed by atoms with Crippen LogP contribution in [0.15, 0.2) is 36.5 Å². The van der Waals surface area contributed by atoms with Crippen LogP contribution in [0, 0.1) is 0 Å². The van der Waals surface area contributed by atoms with Crippen LogP contribution in [0.5, 0.6) is 0 Å². The first-order valence-corrected chi connectivity index (χ1v) is 8.86. The van der Waals surface area contributed by atoms with Gasteiger partial charge in [-0.2, -0.15) is 0 Å². The van der Waals surface area contributed by atoms with E-state index >= 15 is 0 Å². The molecule has 1 aliphatic rings. The van der Waals surface area contributed by atoms with Crippen molar-refractivity contribution in [2.24, 2.45) is 0 Å². The number of fused-ring (bicyclic) bond motifs is 1. The summed E-state index contributed by atoms with van der Waals surface area (Å²) in [5.41, 5.74) is 3.41. The van der Waals surface area contributed by atoms with E-state index in [0.29, 0.717) is 25.3 Å². The summed E-state index contributed by atoms with van der Waals surface area (Å²) in [6, 6.07) is 10.1. The normalized spacial score (nSPS) is 19.4. The number of ether oxygens (including phenoxy) is 2. The van der Waals surface area contributed by atoms with Crippen molar-refractivity contribution >= 4 is 5.91 Å². The summed E-state index contributed by atoms with van der Waals surface area (Å²) in [6.45, 7) is 3.51. The minimum absolute atomic E-state index is 0.0770. The van der Waals surface area contributed by atoms with Gasteiger partial charge in [-0.1, -0.05) is 37.6 Å². The zero-order valence-electron chi connectivity index (χ0n) is 14.9. The average Bonchev–Trinajstić information content (AvgIpc) is 3.09. The van der Waals surface area contributed by atoms with Gasteiger partial charge in [-0.3, -0.25) is 4.79 Å². The number of H-pyrrole nitrogens is 1. The number of hydrogen-bond donors (Lipinski definition) is 2. The van der Waals surface area contributed by atoms with E-state index in [1.165, 1.54) is 5.56 Å². The van der Waals surface area contributed by atoms with E-state index in [4.69, 9.17) is 9.47 Å². The summed E-state index contributed by atoms with van der Waals surface area (Å²) >= 11 is 0. The Bertz CT molecular complexity index is 725. The highest BCUT2D eigenvalue weighted by atomic mass is 16.5. The molecule has 5 heteroatoms.